The summed E-state index contributed by atoms with van der Waals surface area (Å²) < 4.78 is 24.5. The zero-order valence-corrected chi connectivity index (χ0v) is 18.6. The lowest BCUT2D eigenvalue weighted by molar-refractivity contribution is 0.244. The van der Waals surface area contributed by atoms with Gasteiger partial charge in [-0.25, -0.2) is 9.18 Å². The summed E-state index contributed by atoms with van der Waals surface area (Å²) in [5, 5.41) is 9.07. The van der Waals surface area contributed by atoms with E-state index < -0.39 is 6.04 Å². The SMILES string of the molecule is COc1ccc(N2C(=O)NC(c3ccc(F)cc3)C(c3nc(-c4cccs4)no3)=C2C)cc1. The summed E-state index contributed by atoms with van der Waals surface area (Å²) in [6.45, 7) is 1.82. The van der Waals surface area contributed by atoms with Gasteiger partial charge in [-0.05, 0) is 60.3 Å². The number of urea groups is 1. The molecule has 3 heterocycles. The number of nitrogens with one attached hydrogen (secondary N) is 1. The quantitative estimate of drug-likeness (QED) is 0.415. The van der Waals surface area contributed by atoms with Gasteiger partial charge >= 0.3 is 6.03 Å². The van der Waals surface area contributed by atoms with Crippen molar-refractivity contribution in [3.05, 3.63) is 89.0 Å². The van der Waals surface area contributed by atoms with Crippen molar-refractivity contribution in [2.75, 3.05) is 12.0 Å². The van der Waals surface area contributed by atoms with Crippen LogP contribution < -0.4 is 15.0 Å². The second-order valence-electron chi connectivity index (χ2n) is 7.37. The maximum Gasteiger partial charge on any atom is 0.326 e. The first-order chi connectivity index (χ1) is 16.0. The molecule has 0 spiro atoms. The fourth-order valence-corrected chi connectivity index (χ4v) is 4.46. The van der Waals surface area contributed by atoms with Crippen molar-refractivity contribution in [3.63, 3.8) is 0 Å². The number of rotatable bonds is 5. The Morgan fingerprint density at radius 1 is 1.12 bits per heavy atom. The predicted molar refractivity (Wildman–Crippen MR) is 123 cm³/mol. The molecule has 166 valence electrons. The van der Waals surface area contributed by atoms with Gasteiger partial charge in [0, 0.05) is 5.70 Å². The number of anilines is 1. The van der Waals surface area contributed by atoms with E-state index in [1.807, 2.05) is 24.4 Å². The second-order valence-corrected chi connectivity index (χ2v) is 8.31. The number of allylic oxidation sites excluding steroid dienone is 1. The minimum atomic E-state index is -0.593. The maximum absolute atomic E-state index is 13.6. The number of nitrogens with zero attached hydrogens (tertiary/aromatic N) is 3. The summed E-state index contributed by atoms with van der Waals surface area (Å²) in [5.74, 6) is 1.07. The molecule has 4 aromatic rings. The third-order valence-corrected chi connectivity index (χ3v) is 6.28. The van der Waals surface area contributed by atoms with E-state index in [0.29, 0.717) is 34.1 Å². The van der Waals surface area contributed by atoms with Crippen LogP contribution in [0, 0.1) is 5.82 Å². The molecular weight excluding hydrogens is 443 g/mol. The highest BCUT2D eigenvalue weighted by Gasteiger charge is 2.36. The van der Waals surface area contributed by atoms with Gasteiger partial charge in [-0.3, -0.25) is 4.90 Å². The fourth-order valence-electron chi connectivity index (χ4n) is 3.81. The van der Waals surface area contributed by atoms with Gasteiger partial charge < -0.3 is 14.6 Å². The normalized spacial score (nSPS) is 16.2. The molecule has 2 amide bonds. The minimum Gasteiger partial charge on any atom is -0.497 e. The number of ether oxygens (including phenoxy) is 1. The number of halogens is 1. The average molecular weight is 463 g/mol. The summed E-state index contributed by atoms with van der Waals surface area (Å²) in [6, 6.07) is 16.0. The molecule has 2 aromatic heterocycles. The molecular formula is C24H19FN4O3S. The van der Waals surface area contributed by atoms with Gasteiger partial charge in [-0.1, -0.05) is 23.4 Å². The van der Waals surface area contributed by atoms with Gasteiger partial charge in [0.05, 0.1) is 29.3 Å². The minimum absolute atomic E-state index is 0.281. The Balaban J connectivity index is 1.64. The first-order valence-electron chi connectivity index (χ1n) is 10.1. The smallest absolute Gasteiger partial charge is 0.326 e. The number of hydrogen-bond donors (Lipinski definition) is 1. The molecule has 0 bridgehead atoms. The third kappa shape index (κ3) is 3.87. The van der Waals surface area contributed by atoms with Crippen LogP contribution in [-0.2, 0) is 0 Å². The van der Waals surface area contributed by atoms with Crippen LogP contribution in [0.1, 0.15) is 24.4 Å². The molecule has 9 heteroatoms. The zero-order valence-electron chi connectivity index (χ0n) is 17.8. The van der Waals surface area contributed by atoms with Crippen LogP contribution in [0.3, 0.4) is 0 Å². The molecule has 33 heavy (non-hydrogen) atoms. The fraction of sp³-hybridized carbons (Fsp3) is 0.125. The highest BCUT2D eigenvalue weighted by molar-refractivity contribution is 7.13. The highest BCUT2D eigenvalue weighted by atomic mass is 32.1. The number of amides is 2. The number of thiophene rings is 1. The molecule has 1 N–H and O–H groups in total. The molecule has 2 aromatic carbocycles. The van der Waals surface area contributed by atoms with E-state index in [0.717, 1.165) is 4.88 Å². The number of benzene rings is 2. The van der Waals surface area contributed by atoms with Crippen molar-refractivity contribution in [2.45, 2.75) is 13.0 Å². The Morgan fingerprint density at radius 3 is 2.55 bits per heavy atom. The third-order valence-electron chi connectivity index (χ3n) is 5.42. The van der Waals surface area contributed by atoms with Gasteiger partial charge in [-0.2, -0.15) is 4.98 Å². The van der Waals surface area contributed by atoms with E-state index >= 15 is 0 Å². The molecule has 1 unspecified atom stereocenters. The van der Waals surface area contributed by atoms with Crippen LogP contribution in [0.15, 0.2) is 76.3 Å². The Hall–Kier alpha value is -3.98. The van der Waals surface area contributed by atoms with E-state index in [-0.39, 0.29) is 17.7 Å². The van der Waals surface area contributed by atoms with Crippen molar-refractivity contribution in [3.8, 4) is 16.5 Å². The summed E-state index contributed by atoms with van der Waals surface area (Å²) >= 11 is 1.50. The van der Waals surface area contributed by atoms with Gasteiger partial charge in [0.1, 0.15) is 11.6 Å². The van der Waals surface area contributed by atoms with Crippen molar-refractivity contribution in [1.82, 2.24) is 15.5 Å². The standard InChI is InChI=1S/C24H19FN4O3S/c1-14-20(23-27-22(28-32-23)19-4-3-13-33-19)21(15-5-7-16(25)8-6-15)26-24(30)29(14)17-9-11-18(31-2)12-10-17/h3-13,21H,1-2H3,(H,26,30). The van der Waals surface area contributed by atoms with Crippen LogP contribution in [0.4, 0.5) is 14.9 Å². The van der Waals surface area contributed by atoms with Crippen molar-refractivity contribution in [2.24, 2.45) is 0 Å². The first-order valence-corrected chi connectivity index (χ1v) is 11.0. The molecule has 0 saturated heterocycles. The lowest BCUT2D eigenvalue weighted by Crippen LogP contribution is -2.46. The molecule has 0 fully saturated rings. The average Bonchev–Trinajstić information content (AvgIpc) is 3.52. The number of carbonyl (C=O) groups excluding carboxylic acids is 1. The van der Waals surface area contributed by atoms with Crippen molar-refractivity contribution in [1.29, 1.82) is 0 Å². The topological polar surface area (TPSA) is 80.5 Å². The lowest BCUT2D eigenvalue weighted by atomic mass is 9.94. The lowest BCUT2D eigenvalue weighted by Gasteiger charge is -2.35. The molecule has 1 aliphatic rings. The second kappa shape index (κ2) is 8.51. The molecule has 1 aliphatic heterocycles. The summed E-state index contributed by atoms with van der Waals surface area (Å²) in [6.07, 6.45) is 0. The van der Waals surface area contributed by atoms with Crippen molar-refractivity contribution >= 4 is 28.6 Å². The highest BCUT2D eigenvalue weighted by Crippen LogP contribution is 2.39. The Labute approximate surface area is 193 Å². The van der Waals surface area contributed by atoms with E-state index in [1.165, 1.54) is 23.5 Å². The van der Waals surface area contributed by atoms with Crippen LogP contribution in [-0.4, -0.2) is 23.3 Å². The van der Waals surface area contributed by atoms with Gasteiger partial charge in [0.2, 0.25) is 5.82 Å². The van der Waals surface area contributed by atoms with Gasteiger partial charge in [0.15, 0.2) is 0 Å². The summed E-state index contributed by atoms with van der Waals surface area (Å²) in [5.41, 5.74) is 2.61. The van der Waals surface area contributed by atoms with Gasteiger partial charge in [0.25, 0.3) is 5.89 Å². The van der Waals surface area contributed by atoms with Crippen LogP contribution in [0.25, 0.3) is 16.3 Å². The Kier molecular flexibility index (Phi) is 5.39. The summed E-state index contributed by atoms with van der Waals surface area (Å²) in [7, 11) is 1.58. The Bertz CT molecular complexity index is 1310. The van der Waals surface area contributed by atoms with E-state index in [4.69, 9.17) is 9.26 Å². The molecule has 0 saturated carbocycles. The molecule has 7 nitrogen and oxygen atoms in total. The zero-order chi connectivity index (χ0) is 22.9. The Morgan fingerprint density at radius 2 is 1.88 bits per heavy atom. The van der Waals surface area contributed by atoms with Crippen LogP contribution in [0.5, 0.6) is 5.75 Å². The number of hydrogen-bond acceptors (Lipinski definition) is 6. The molecule has 0 aliphatic carbocycles. The largest absolute Gasteiger partial charge is 0.497 e. The number of aromatic nitrogens is 2. The molecule has 0 radical (unpaired) electrons. The molecule has 5 rings (SSSR count). The summed E-state index contributed by atoms with van der Waals surface area (Å²) in [4.78, 5) is 20.2. The van der Waals surface area contributed by atoms with Crippen LogP contribution in [0.2, 0.25) is 0 Å². The van der Waals surface area contributed by atoms with Crippen molar-refractivity contribution < 1.29 is 18.4 Å². The number of methoxy groups -OCH3 is 1. The van der Waals surface area contributed by atoms with E-state index in [2.05, 4.69) is 15.5 Å². The maximum atomic E-state index is 13.6. The molecule has 1 atom stereocenters. The predicted octanol–water partition coefficient (Wildman–Crippen LogP) is 5.65. The van der Waals surface area contributed by atoms with E-state index in [9.17, 15) is 9.18 Å². The van der Waals surface area contributed by atoms with Crippen LogP contribution >= 0.6 is 11.3 Å². The monoisotopic (exact) mass is 462 g/mol. The number of carbonyl (C=O) groups is 1. The van der Waals surface area contributed by atoms with E-state index in [1.54, 1.807) is 48.4 Å². The first kappa shape index (κ1) is 20.9. The van der Waals surface area contributed by atoms with Gasteiger partial charge in [-0.15, -0.1) is 11.3 Å².